The number of amides is 1. The largest absolute Gasteiger partial charge is 0.495 e. The number of hydrogen-bond donors (Lipinski definition) is 2. The lowest BCUT2D eigenvalue weighted by Crippen LogP contribution is -2.24. The van der Waals surface area contributed by atoms with E-state index in [1.807, 2.05) is 6.07 Å². The fraction of sp³-hybridized carbons (Fsp3) is 0.278. The van der Waals surface area contributed by atoms with Crippen LogP contribution in [-0.4, -0.2) is 46.4 Å². The van der Waals surface area contributed by atoms with Crippen molar-refractivity contribution in [1.29, 1.82) is 0 Å². The van der Waals surface area contributed by atoms with Crippen LogP contribution in [-0.2, 0) is 14.8 Å². The highest BCUT2D eigenvalue weighted by molar-refractivity contribution is 7.89. The average Bonchev–Trinajstić information content (AvgIpc) is 2.61. The fourth-order valence-electron chi connectivity index (χ4n) is 2.31. The molecule has 0 unspecified atom stereocenters. The van der Waals surface area contributed by atoms with Gasteiger partial charge in [0.05, 0.1) is 24.2 Å². The van der Waals surface area contributed by atoms with E-state index in [-0.39, 0.29) is 17.3 Å². The summed E-state index contributed by atoms with van der Waals surface area (Å²) in [6.07, 6.45) is 0. The number of nitrogens with zero attached hydrogens (tertiary/aromatic N) is 1. The molecule has 0 saturated heterocycles. The molecule has 0 bridgehead atoms. The zero-order chi connectivity index (χ0) is 19.3. The third-order valence-corrected chi connectivity index (χ3v) is 5.74. The standard InChI is InChI=1S/C18H23N3O4S/c1-13-9-10-14(11-17(13)26(23,24)21(2)3)19-12-18(22)20-15-7-5-6-8-16(15)25-4/h5-11,19H,12H2,1-4H3,(H,20,22). The molecule has 0 aromatic heterocycles. The highest BCUT2D eigenvalue weighted by Crippen LogP contribution is 2.24. The van der Waals surface area contributed by atoms with Gasteiger partial charge < -0.3 is 15.4 Å². The van der Waals surface area contributed by atoms with Crippen LogP contribution in [0.3, 0.4) is 0 Å². The average molecular weight is 377 g/mol. The molecule has 0 aliphatic carbocycles. The third kappa shape index (κ3) is 4.53. The quantitative estimate of drug-likeness (QED) is 0.773. The van der Waals surface area contributed by atoms with Gasteiger partial charge in [0.1, 0.15) is 5.75 Å². The van der Waals surface area contributed by atoms with Crippen LogP contribution in [0.2, 0.25) is 0 Å². The lowest BCUT2D eigenvalue weighted by molar-refractivity contribution is -0.114. The Balaban J connectivity index is 2.09. The van der Waals surface area contributed by atoms with Crippen molar-refractivity contribution >= 4 is 27.3 Å². The van der Waals surface area contributed by atoms with Crippen LogP contribution in [0, 0.1) is 6.92 Å². The Labute approximate surface area is 154 Å². The van der Waals surface area contributed by atoms with Crippen molar-refractivity contribution in [2.45, 2.75) is 11.8 Å². The Bertz CT molecular complexity index is 895. The van der Waals surface area contributed by atoms with Gasteiger partial charge in [-0.15, -0.1) is 0 Å². The summed E-state index contributed by atoms with van der Waals surface area (Å²) in [5.74, 6) is 0.294. The number of methoxy groups -OCH3 is 1. The second kappa shape index (κ2) is 8.20. The van der Waals surface area contributed by atoms with E-state index in [2.05, 4.69) is 10.6 Å². The van der Waals surface area contributed by atoms with Crippen molar-refractivity contribution in [3.05, 3.63) is 48.0 Å². The Hall–Kier alpha value is -2.58. The SMILES string of the molecule is COc1ccccc1NC(=O)CNc1ccc(C)c(S(=O)(=O)N(C)C)c1. The fourth-order valence-corrected chi connectivity index (χ4v) is 3.45. The van der Waals surface area contributed by atoms with Crippen molar-refractivity contribution < 1.29 is 17.9 Å². The van der Waals surface area contributed by atoms with Crippen molar-refractivity contribution in [2.24, 2.45) is 0 Å². The number of carbonyl (C=O) groups excluding carboxylic acids is 1. The summed E-state index contributed by atoms with van der Waals surface area (Å²) in [4.78, 5) is 12.4. The molecule has 0 saturated carbocycles. The highest BCUT2D eigenvalue weighted by atomic mass is 32.2. The van der Waals surface area contributed by atoms with Gasteiger partial charge in [-0.2, -0.15) is 0 Å². The molecule has 0 spiro atoms. The normalized spacial score (nSPS) is 11.3. The first kappa shape index (κ1) is 19.7. The number of hydrogen-bond acceptors (Lipinski definition) is 5. The summed E-state index contributed by atoms with van der Waals surface area (Å²) < 4.78 is 31.1. The molecule has 2 aromatic carbocycles. The lowest BCUT2D eigenvalue weighted by Gasteiger charge is -2.15. The minimum absolute atomic E-state index is 0.0113. The summed E-state index contributed by atoms with van der Waals surface area (Å²) in [6.45, 7) is 1.72. The maximum absolute atomic E-state index is 12.4. The van der Waals surface area contributed by atoms with Gasteiger partial charge in [0.15, 0.2) is 0 Å². The molecule has 1 amide bonds. The second-order valence-electron chi connectivity index (χ2n) is 5.87. The molecule has 7 nitrogen and oxygen atoms in total. The molecule has 0 heterocycles. The molecule has 2 aromatic rings. The first-order chi connectivity index (χ1) is 12.3. The van der Waals surface area contributed by atoms with Crippen LogP contribution in [0.4, 0.5) is 11.4 Å². The second-order valence-corrected chi connectivity index (χ2v) is 7.99. The predicted octanol–water partition coefficient (Wildman–Crippen LogP) is 2.30. The summed E-state index contributed by atoms with van der Waals surface area (Å²) in [7, 11) is 0.944. The van der Waals surface area contributed by atoms with Gasteiger partial charge in [-0.3, -0.25) is 4.79 Å². The molecule has 0 aliphatic heterocycles. The number of carbonyl (C=O) groups is 1. The monoisotopic (exact) mass is 377 g/mol. The molecule has 140 valence electrons. The number of ether oxygens (including phenoxy) is 1. The first-order valence-electron chi connectivity index (χ1n) is 7.95. The highest BCUT2D eigenvalue weighted by Gasteiger charge is 2.20. The third-order valence-electron chi connectivity index (χ3n) is 3.78. The minimum atomic E-state index is -3.55. The lowest BCUT2D eigenvalue weighted by atomic mass is 10.2. The zero-order valence-electron chi connectivity index (χ0n) is 15.2. The number of aryl methyl sites for hydroxylation is 1. The Kier molecular flexibility index (Phi) is 6.23. The van der Waals surface area contributed by atoms with Crippen molar-refractivity contribution in [3.63, 3.8) is 0 Å². The van der Waals surface area contributed by atoms with Crippen LogP contribution in [0.15, 0.2) is 47.4 Å². The smallest absolute Gasteiger partial charge is 0.243 e. The molecular formula is C18H23N3O4S. The van der Waals surface area contributed by atoms with Crippen LogP contribution >= 0.6 is 0 Å². The van der Waals surface area contributed by atoms with Gasteiger partial charge in [-0.1, -0.05) is 18.2 Å². The number of sulfonamides is 1. The Morgan fingerprint density at radius 1 is 1.15 bits per heavy atom. The minimum Gasteiger partial charge on any atom is -0.495 e. The molecule has 0 atom stereocenters. The van der Waals surface area contributed by atoms with Crippen molar-refractivity contribution in [3.8, 4) is 5.75 Å². The van der Waals surface area contributed by atoms with Crippen molar-refractivity contribution in [1.82, 2.24) is 4.31 Å². The summed E-state index contributed by atoms with van der Waals surface area (Å²) in [6, 6.07) is 12.1. The topological polar surface area (TPSA) is 87.7 Å². The van der Waals surface area contributed by atoms with Gasteiger partial charge in [0.25, 0.3) is 0 Å². The molecule has 2 rings (SSSR count). The van der Waals surface area contributed by atoms with Gasteiger partial charge in [-0.25, -0.2) is 12.7 Å². The van der Waals surface area contributed by atoms with E-state index in [1.165, 1.54) is 27.3 Å². The molecule has 26 heavy (non-hydrogen) atoms. The maximum Gasteiger partial charge on any atom is 0.243 e. The summed E-state index contributed by atoms with van der Waals surface area (Å²) in [5.41, 5.74) is 1.76. The molecule has 0 aliphatic rings. The number of anilines is 2. The van der Waals surface area contributed by atoms with Gasteiger partial charge in [0.2, 0.25) is 15.9 Å². The van der Waals surface area contributed by atoms with Crippen LogP contribution in [0.5, 0.6) is 5.75 Å². The van der Waals surface area contributed by atoms with Gasteiger partial charge >= 0.3 is 0 Å². The number of benzene rings is 2. The van der Waals surface area contributed by atoms with Crippen LogP contribution in [0.25, 0.3) is 0 Å². The van der Waals surface area contributed by atoms with E-state index in [0.29, 0.717) is 22.7 Å². The van der Waals surface area contributed by atoms with Crippen molar-refractivity contribution in [2.75, 3.05) is 38.4 Å². The number of nitrogens with one attached hydrogen (secondary N) is 2. The number of rotatable bonds is 7. The van der Waals surface area contributed by atoms with E-state index in [4.69, 9.17) is 4.74 Å². The van der Waals surface area contributed by atoms with E-state index in [9.17, 15) is 13.2 Å². The molecule has 8 heteroatoms. The van der Waals surface area contributed by atoms with E-state index < -0.39 is 10.0 Å². The Morgan fingerprint density at radius 3 is 2.50 bits per heavy atom. The summed E-state index contributed by atoms with van der Waals surface area (Å²) in [5, 5.41) is 5.70. The van der Waals surface area contributed by atoms with E-state index >= 15 is 0 Å². The van der Waals surface area contributed by atoms with Gasteiger partial charge in [-0.05, 0) is 36.8 Å². The van der Waals surface area contributed by atoms with Gasteiger partial charge in [0, 0.05) is 19.8 Å². The van der Waals surface area contributed by atoms with E-state index in [1.54, 1.807) is 37.3 Å². The van der Waals surface area contributed by atoms with E-state index in [0.717, 1.165) is 4.31 Å². The maximum atomic E-state index is 12.4. The molecule has 0 radical (unpaired) electrons. The molecule has 0 fully saturated rings. The number of para-hydroxylation sites is 2. The van der Waals surface area contributed by atoms with Crippen LogP contribution < -0.4 is 15.4 Å². The Morgan fingerprint density at radius 2 is 1.85 bits per heavy atom. The molecule has 2 N–H and O–H groups in total. The first-order valence-corrected chi connectivity index (χ1v) is 9.39. The molecular weight excluding hydrogens is 354 g/mol. The van der Waals surface area contributed by atoms with Crippen LogP contribution in [0.1, 0.15) is 5.56 Å². The summed E-state index contributed by atoms with van der Waals surface area (Å²) >= 11 is 0. The predicted molar refractivity (Wildman–Crippen MR) is 102 cm³/mol. The zero-order valence-corrected chi connectivity index (χ0v) is 16.1.